The van der Waals surface area contributed by atoms with E-state index < -0.39 is 0 Å². The highest BCUT2D eigenvalue weighted by Gasteiger charge is 2.25. The maximum Gasteiger partial charge on any atom is 0.306 e. The van der Waals surface area contributed by atoms with Crippen LogP contribution in [0.2, 0.25) is 0 Å². The molecule has 1 unspecified atom stereocenters. The van der Waals surface area contributed by atoms with Gasteiger partial charge in [0.25, 0.3) is 0 Å². The molecule has 0 amide bonds. The first-order valence-corrected chi connectivity index (χ1v) is 6.74. The van der Waals surface area contributed by atoms with E-state index in [2.05, 4.69) is 18.7 Å². The second-order valence-corrected chi connectivity index (χ2v) is 6.37. The summed E-state index contributed by atoms with van der Waals surface area (Å²) in [6, 6.07) is 0.626. The zero-order chi connectivity index (χ0) is 13.1. The lowest BCUT2D eigenvalue weighted by atomic mass is 10.0. The molecule has 3 nitrogen and oxygen atoms in total. The number of ether oxygens (including phenoxy) is 1. The fourth-order valence-corrected chi connectivity index (χ4v) is 2.28. The first-order chi connectivity index (χ1) is 7.78. The summed E-state index contributed by atoms with van der Waals surface area (Å²) in [6.07, 6.45) is 2.76. The van der Waals surface area contributed by atoms with E-state index in [9.17, 15) is 4.79 Å². The summed E-state index contributed by atoms with van der Waals surface area (Å²) in [4.78, 5) is 14.1. The Bertz CT molecular complexity index is 255. The smallest absolute Gasteiger partial charge is 0.306 e. The summed E-state index contributed by atoms with van der Waals surface area (Å²) in [5, 5.41) is 0. The third-order valence-electron chi connectivity index (χ3n) is 3.22. The van der Waals surface area contributed by atoms with Gasteiger partial charge in [0.1, 0.15) is 5.60 Å². The quantitative estimate of drug-likeness (QED) is 0.709. The molecule has 0 aromatic rings. The van der Waals surface area contributed by atoms with Gasteiger partial charge in [-0.3, -0.25) is 4.79 Å². The Morgan fingerprint density at radius 2 is 2.06 bits per heavy atom. The molecule has 1 rings (SSSR count). The highest BCUT2D eigenvalue weighted by molar-refractivity contribution is 5.69. The molecule has 1 atom stereocenters. The zero-order valence-corrected chi connectivity index (χ0v) is 12.0. The number of rotatable bonds is 4. The number of carbonyl (C=O) groups is 1. The molecular formula is C14H27NO2. The van der Waals surface area contributed by atoms with Gasteiger partial charge in [-0.15, -0.1) is 0 Å². The molecular weight excluding hydrogens is 214 g/mol. The zero-order valence-electron chi connectivity index (χ0n) is 12.0. The van der Waals surface area contributed by atoms with Crippen molar-refractivity contribution in [2.45, 2.75) is 65.5 Å². The average molecular weight is 241 g/mol. The van der Waals surface area contributed by atoms with Gasteiger partial charge < -0.3 is 9.64 Å². The molecule has 17 heavy (non-hydrogen) atoms. The van der Waals surface area contributed by atoms with Crippen LogP contribution in [0.3, 0.4) is 0 Å². The summed E-state index contributed by atoms with van der Waals surface area (Å²) >= 11 is 0. The predicted molar refractivity (Wildman–Crippen MR) is 69.9 cm³/mol. The fraction of sp³-hybridized carbons (Fsp3) is 0.929. The molecule has 0 aromatic heterocycles. The summed E-state index contributed by atoms with van der Waals surface area (Å²) in [5.74, 6) is 0.616. The summed E-state index contributed by atoms with van der Waals surface area (Å²) in [7, 11) is 0. The van der Waals surface area contributed by atoms with Crippen molar-refractivity contribution in [3.05, 3.63) is 0 Å². The lowest BCUT2D eigenvalue weighted by Crippen LogP contribution is -2.28. The van der Waals surface area contributed by atoms with Crippen molar-refractivity contribution in [2.75, 3.05) is 13.1 Å². The van der Waals surface area contributed by atoms with E-state index in [1.165, 1.54) is 13.0 Å². The monoisotopic (exact) mass is 241 g/mol. The van der Waals surface area contributed by atoms with Gasteiger partial charge in [-0.2, -0.15) is 0 Å². The van der Waals surface area contributed by atoms with Gasteiger partial charge in [0.15, 0.2) is 0 Å². The minimum Gasteiger partial charge on any atom is -0.460 e. The van der Waals surface area contributed by atoms with E-state index >= 15 is 0 Å². The molecule has 1 saturated heterocycles. The van der Waals surface area contributed by atoms with Crippen molar-refractivity contribution in [3.8, 4) is 0 Å². The molecule has 100 valence electrons. The van der Waals surface area contributed by atoms with E-state index in [1.54, 1.807) is 0 Å². The Morgan fingerprint density at radius 3 is 2.53 bits per heavy atom. The number of nitrogens with zero attached hydrogens (tertiary/aromatic N) is 1. The van der Waals surface area contributed by atoms with E-state index in [4.69, 9.17) is 4.74 Å². The molecule has 1 fully saturated rings. The van der Waals surface area contributed by atoms with Crippen LogP contribution in [0.25, 0.3) is 0 Å². The molecule has 1 heterocycles. The number of likely N-dealkylation sites (tertiary alicyclic amines) is 1. The molecule has 0 bridgehead atoms. The molecule has 0 radical (unpaired) electrons. The van der Waals surface area contributed by atoms with E-state index in [0.29, 0.717) is 18.4 Å². The van der Waals surface area contributed by atoms with Crippen LogP contribution < -0.4 is 0 Å². The van der Waals surface area contributed by atoms with E-state index in [0.717, 1.165) is 13.0 Å². The third kappa shape index (κ3) is 5.53. The van der Waals surface area contributed by atoms with Crippen LogP contribution in [0.15, 0.2) is 0 Å². The van der Waals surface area contributed by atoms with Gasteiger partial charge in [0.05, 0.1) is 0 Å². The average Bonchev–Trinajstić information content (AvgIpc) is 2.60. The summed E-state index contributed by atoms with van der Waals surface area (Å²) in [5.41, 5.74) is -0.350. The largest absolute Gasteiger partial charge is 0.460 e. The van der Waals surface area contributed by atoms with E-state index in [1.807, 2.05) is 20.8 Å². The summed E-state index contributed by atoms with van der Waals surface area (Å²) in [6.45, 7) is 12.5. The van der Waals surface area contributed by atoms with Gasteiger partial charge in [-0.25, -0.2) is 0 Å². The maximum absolute atomic E-state index is 11.6. The lowest BCUT2D eigenvalue weighted by Gasteiger charge is -2.21. The second kappa shape index (κ2) is 5.85. The van der Waals surface area contributed by atoms with Crippen LogP contribution in [-0.4, -0.2) is 35.6 Å². The van der Waals surface area contributed by atoms with Gasteiger partial charge in [-0.1, -0.05) is 0 Å². The second-order valence-electron chi connectivity index (χ2n) is 6.37. The number of hydrogen-bond donors (Lipinski definition) is 0. The molecule has 0 aromatic carbocycles. The normalized spacial score (nSPS) is 22.1. The molecule has 1 aliphatic rings. The molecule has 3 heteroatoms. The van der Waals surface area contributed by atoms with Gasteiger partial charge in [0, 0.05) is 19.0 Å². The Labute approximate surface area is 106 Å². The van der Waals surface area contributed by atoms with Crippen molar-refractivity contribution < 1.29 is 9.53 Å². The van der Waals surface area contributed by atoms with Gasteiger partial charge in [0.2, 0.25) is 0 Å². The van der Waals surface area contributed by atoms with E-state index in [-0.39, 0.29) is 11.6 Å². The molecule has 0 aliphatic carbocycles. The number of esters is 1. The van der Waals surface area contributed by atoms with Crippen molar-refractivity contribution in [1.82, 2.24) is 4.90 Å². The van der Waals surface area contributed by atoms with Crippen LogP contribution in [0, 0.1) is 5.92 Å². The summed E-state index contributed by atoms with van der Waals surface area (Å²) < 4.78 is 5.32. The van der Waals surface area contributed by atoms with Crippen LogP contribution in [0.5, 0.6) is 0 Å². The lowest BCUT2D eigenvalue weighted by molar-refractivity contribution is -0.155. The fourth-order valence-electron chi connectivity index (χ4n) is 2.28. The first-order valence-electron chi connectivity index (χ1n) is 6.74. The minimum absolute atomic E-state index is 0.0551. The van der Waals surface area contributed by atoms with Crippen molar-refractivity contribution in [3.63, 3.8) is 0 Å². The van der Waals surface area contributed by atoms with Crippen LogP contribution in [0.1, 0.15) is 53.9 Å². The van der Waals surface area contributed by atoms with Crippen LogP contribution in [0.4, 0.5) is 0 Å². The van der Waals surface area contributed by atoms with Gasteiger partial charge >= 0.3 is 5.97 Å². The SMILES string of the molecule is CC(C)N1CCC(CCC(=O)OC(C)(C)C)C1. The molecule has 0 N–H and O–H groups in total. The Balaban J connectivity index is 2.22. The Hall–Kier alpha value is -0.570. The number of carbonyl (C=O) groups excluding carboxylic acids is 1. The Morgan fingerprint density at radius 1 is 1.41 bits per heavy atom. The molecule has 1 aliphatic heterocycles. The highest BCUT2D eigenvalue weighted by Crippen LogP contribution is 2.23. The standard InChI is InChI=1S/C14H27NO2/c1-11(2)15-9-8-12(10-15)6-7-13(16)17-14(3,4)5/h11-12H,6-10H2,1-5H3. The van der Waals surface area contributed by atoms with Crippen LogP contribution in [-0.2, 0) is 9.53 Å². The van der Waals surface area contributed by atoms with Crippen molar-refractivity contribution >= 4 is 5.97 Å². The third-order valence-corrected chi connectivity index (χ3v) is 3.22. The molecule has 0 saturated carbocycles. The minimum atomic E-state index is -0.350. The first kappa shape index (κ1) is 14.5. The van der Waals surface area contributed by atoms with Crippen molar-refractivity contribution in [1.29, 1.82) is 0 Å². The number of hydrogen-bond acceptors (Lipinski definition) is 3. The van der Waals surface area contributed by atoms with Crippen molar-refractivity contribution in [2.24, 2.45) is 5.92 Å². The van der Waals surface area contributed by atoms with Gasteiger partial charge in [-0.05, 0) is 59.9 Å². The Kier molecular flexibility index (Phi) is 4.99. The highest BCUT2D eigenvalue weighted by atomic mass is 16.6. The predicted octanol–water partition coefficient (Wildman–Crippen LogP) is 2.84. The maximum atomic E-state index is 11.6. The topological polar surface area (TPSA) is 29.5 Å². The molecule has 0 spiro atoms. The van der Waals surface area contributed by atoms with Crippen LogP contribution >= 0.6 is 0 Å².